The lowest BCUT2D eigenvalue weighted by molar-refractivity contribution is 0.216. The summed E-state index contributed by atoms with van der Waals surface area (Å²) in [5.74, 6) is 1.22. The molecule has 0 radical (unpaired) electrons. The Hall–Kier alpha value is -1.70. The van der Waals surface area contributed by atoms with Gasteiger partial charge in [-0.1, -0.05) is 41.4 Å². The molecule has 0 bridgehead atoms. The van der Waals surface area contributed by atoms with Crippen LogP contribution in [0.3, 0.4) is 0 Å². The third-order valence-corrected chi connectivity index (χ3v) is 5.95. The number of fused-ring (bicyclic) bond motifs is 1. The molecule has 0 saturated carbocycles. The second-order valence-corrected chi connectivity index (χ2v) is 9.13. The monoisotopic (exact) mass is 553 g/mol. The standard InChI is InChI=1S/C22H22Br2ClN3O2/c1-4-6-20-27-19-8-7-15(23)11-16(19)22(29)28(20)26-12-14-9-17(24)21(18(25)10-14)30-13(3)5-2/h7-13H,4-6H2,1-3H3/t13-/m0/s1. The van der Waals surface area contributed by atoms with Crippen LogP contribution in [0.2, 0.25) is 5.02 Å². The number of rotatable bonds is 7. The molecule has 1 aromatic heterocycles. The Labute approximate surface area is 197 Å². The molecule has 0 aliphatic carbocycles. The average Bonchev–Trinajstić information content (AvgIpc) is 2.71. The lowest BCUT2D eigenvalue weighted by Crippen LogP contribution is -2.22. The van der Waals surface area contributed by atoms with Crippen LogP contribution in [0.1, 0.15) is 45.0 Å². The van der Waals surface area contributed by atoms with Crippen LogP contribution in [0.15, 0.2) is 49.2 Å². The number of hydrogen-bond donors (Lipinski definition) is 0. The minimum Gasteiger partial charge on any atom is -0.488 e. The second-order valence-electron chi connectivity index (χ2n) is 6.95. The molecule has 8 heteroatoms. The van der Waals surface area contributed by atoms with Crippen molar-refractivity contribution >= 4 is 60.6 Å². The van der Waals surface area contributed by atoms with Crippen LogP contribution in [0.4, 0.5) is 0 Å². The number of aromatic nitrogens is 2. The molecular formula is C22H22Br2ClN3O2. The average molecular weight is 556 g/mol. The topological polar surface area (TPSA) is 56.5 Å². The van der Waals surface area contributed by atoms with Crippen LogP contribution in [-0.4, -0.2) is 22.0 Å². The summed E-state index contributed by atoms with van der Waals surface area (Å²) in [7, 11) is 0. The normalized spacial score (nSPS) is 12.6. The third kappa shape index (κ3) is 5.13. The van der Waals surface area contributed by atoms with E-state index in [9.17, 15) is 4.79 Å². The fourth-order valence-corrected chi connectivity index (χ4v) is 4.19. The number of benzene rings is 2. The molecule has 0 N–H and O–H groups in total. The predicted octanol–water partition coefficient (Wildman–Crippen LogP) is 6.59. The van der Waals surface area contributed by atoms with Gasteiger partial charge in [0.15, 0.2) is 5.75 Å². The molecule has 5 nitrogen and oxygen atoms in total. The maximum absolute atomic E-state index is 13.1. The third-order valence-electron chi connectivity index (χ3n) is 4.59. The molecule has 3 rings (SSSR count). The van der Waals surface area contributed by atoms with E-state index in [4.69, 9.17) is 16.3 Å². The number of ether oxygens (including phenoxy) is 1. The van der Waals surface area contributed by atoms with Crippen LogP contribution in [0, 0.1) is 0 Å². The summed E-state index contributed by atoms with van der Waals surface area (Å²) in [5.41, 5.74) is 1.20. The zero-order chi connectivity index (χ0) is 21.8. The molecule has 0 spiro atoms. The zero-order valence-corrected chi connectivity index (χ0v) is 20.9. The van der Waals surface area contributed by atoms with Crippen molar-refractivity contribution in [2.24, 2.45) is 5.10 Å². The van der Waals surface area contributed by atoms with Crippen LogP contribution in [-0.2, 0) is 6.42 Å². The van der Waals surface area contributed by atoms with E-state index in [0.29, 0.717) is 33.9 Å². The van der Waals surface area contributed by atoms with Crippen LogP contribution in [0.5, 0.6) is 5.75 Å². The van der Waals surface area contributed by atoms with Gasteiger partial charge < -0.3 is 4.74 Å². The van der Waals surface area contributed by atoms with Crippen LogP contribution in [0.25, 0.3) is 10.9 Å². The van der Waals surface area contributed by atoms with Crippen molar-refractivity contribution in [2.45, 2.75) is 46.1 Å². The Morgan fingerprint density at radius 2 is 2.03 bits per heavy atom. The van der Waals surface area contributed by atoms with Gasteiger partial charge in [0.2, 0.25) is 0 Å². The maximum atomic E-state index is 13.1. The molecule has 1 atom stereocenters. The summed E-state index contributed by atoms with van der Waals surface area (Å²) in [6.45, 7) is 6.08. The van der Waals surface area contributed by atoms with E-state index in [0.717, 1.165) is 27.4 Å². The Morgan fingerprint density at radius 1 is 1.27 bits per heavy atom. The van der Waals surface area contributed by atoms with E-state index in [-0.39, 0.29) is 11.7 Å². The molecule has 3 aromatic rings. The smallest absolute Gasteiger partial charge is 0.282 e. The van der Waals surface area contributed by atoms with Gasteiger partial charge in [0.1, 0.15) is 5.82 Å². The quantitative estimate of drug-likeness (QED) is 0.309. The first kappa shape index (κ1) is 23.0. The van der Waals surface area contributed by atoms with Gasteiger partial charge in [-0.2, -0.15) is 9.78 Å². The van der Waals surface area contributed by atoms with Gasteiger partial charge in [0.05, 0.1) is 32.7 Å². The largest absolute Gasteiger partial charge is 0.488 e. The first-order valence-electron chi connectivity index (χ1n) is 9.75. The lowest BCUT2D eigenvalue weighted by Gasteiger charge is -2.16. The zero-order valence-electron chi connectivity index (χ0n) is 17.0. The van der Waals surface area contributed by atoms with Gasteiger partial charge in [-0.15, -0.1) is 0 Å². The fraction of sp³-hybridized carbons (Fsp3) is 0.318. The summed E-state index contributed by atoms with van der Waals surface area (Å²) < 4.78 is 8.80. The molecule has 0 aliphatic rings. The first-order valence-corrected chi connectivity index (χ1v) is 11.7. The minimum absolute atomic E-state index is 0.0523. The van der Waals surface area contributed by atoms with Crippen molar-refractivity contribution < 1.29 is 4.74 Å². The van der Waals surface area contributed by atoms with Crippen molar-refractivity contribution in [3.63, 3.8) is 0 Å². The fourth-order valence-electron chi connectivity index (χ4n) is 2.87. The van der Waals surface area contributed by atoms with Gasteiger partial charge in [-0.25, -0.2) is 4.98 Å². The molecule has 0 amide bonds. The van der Waals surface area contributed by atoms with E-state index in [2.05, 4.69) is 48.9 Å². The van der Waals surface area contributed by atoms with E-state index in [1.807, 2.05) is 32.0 Å². The van der Waals surface area contributed by atoms with Crippen molar-refractivity contribution in [1.82, 2.24) is 9.66 Å². The van der Waals surface area contributed by atoms with Gasteiger partial charge >= 0.3 is 0 Å². The number of aryl methyl sites for hydroxylation is 1. The molecule has 0 saturated heterocycles. The predicted molar refractivity (Wildman–Crippen MR) is 130 cm³/mol. The van der Waals surface area contributed by atoms with E-state index >= 15 is 0 Å². The van der Waals surface area contributed by atoms with Crippen molar-refractivity contribution in [1.29, 1.82) is 0 Å². The highest BCUT2D eigenvalue weighted by atomic mass is 79.9. The summed E-state index contributed by atoms with van der Waals surface area (Å²) >= 11 is 13.4. The SMILES string of the molecule is CCCc1nc2ccc(Br)cc2c(=O)n1N=Cc1cc(Cl)c(O[C@@H](C)CC)c(Br)c1. The van der Waals surface area contributed by atoms with Crippen LogP contribution < -0.4 is 10.3 Å². The Bertz CT molecular complexity index is 1140. The van der Waals surface area contributed by atoms with E-state index in [1.165, 1.54) is 4.68 Å². The van der Waals surface area contributed by atoms with Crippen molar-refractivity contribution in [2.75, 3.05) is 0 Å². The molecule has 0 fully saturated rings. The highest BCUT2D eigenvalue weighted by molar-refractivity contribution is 9.10. The number of hydrogen-bond acceptors (Lipinski definition) is 4. The van der Waals surface area contributed by atoms with Crippen molar-refractivity contribution in [3.8, 4) is 5.75 Å². The molecule has 1 heterocycles. The van der Waals surface area contributed by atoms with Gasteiger partial charge in [0.25, 0.3) is 5.56 Å². The van der Waals surface area contributed by atoms with E-state index < -0.39 is 0 Å². The number of halogens is 3. The van der Waals surface area contributed by atoms with Crippen molar-refractivity contribution in [3.05, 3.63) is 66.0 Å². The first-order chi connectivity index (χ1) is 14.3. The lowest BCUT2D eigenvalue weighted by atomic mass is 10.2. The minimum atomic E-state index is -0.206. The summed E-state index contributed by atoms with van der Waals surface area (Å²) in [6, 6.07) is 9.11. The Balaban J connectivity index is 2.04. The molecule has 2 aromatic carbocycles. The van der Waals surface area contributed by atoms with Gasteiger partial charge in [0, 0.05) is 10.9 Å². The summed E-state index contributed by atoms with van der Waals surface area (Å²) in [6.07, 6.45) is 4.03. The highest BCUT2D eigenvalue weighted by Crippen LogP contribution is 2.35. The molecule has 30 heavy (non-hydrogen) atoms. The Kier molecular flexibility index (Phi) is 7.71. The Morgan fingerprint density at radius 3 is 2.70 bits per heavy atom. The highest BCUT2D eigenvalue weighted by Gasteiger charge is 2.13. The maximum Gasteiger partial charge on any atom is 0.282 e. The molecular weight excluding hydrogens is 534 g/mol. The molecule has 158 valence electrons. The summed E-state index contributed by atoms with van der Waals surface area (Å²) in [5, 5.41) is 5.44. The molecule has 0 unspecified atom stereocenters. The second kappa shape index (κ2) is 10.1. The van der Waals surface area contributed by atoms with Crippen LogP contribution >= 0.6 is 43.5 Å². The molecule has 0 aliphatic heterocycles. The summed E-state index contributed by atoms with van der Waals surface area (Å²) in [4.78, 5) is 17.7. The van der Waals surface area contributed by atoms with Gasteiger partial charge in [-0.05, 0) is 71.6 Å². The van der Waals surface area contributed by atoms with Gasteiger partial charge in [-0.3, -0.25) is 4.79 Å². The number of nitrogens with zero attached hydrogens (tertiary/aromatic N) is 3. The van der Waals surface area contributed by atoms with E-state index in [1.54, 1.807) is 18.3 Å².